The molecule has 15 rings (SSSR count). The molecule has 620 valence electrons. The Morgan fingerprint density at radius 2 is 0.483 bits per heavy atom. The lowest BCUT2D eigenvalue weighted by molar-refractivity contribution is -0.115. The van der Waals surface area contributed by atoms with Crippen LogP contribution in [-0.2, 0) is 4.79 Å². The topological polar surface area (TPSA) is 446 Å². The Labute approximate surface area is 759 Å². The maximum atomic E-state index is 12.2. The summed E-state index contributed by atoms with van der Waals surface area (Å²) < 4.78 is 35.3. The molecular formula is C73H57Br5N16O16S10. The molecule has 0 bridgehead atoms. The average molecular weight is 2130 g/mol. The monoisotopic (exact) mass is 2130 g/mol. The number of rotatable bonds is 21. The van der Waals surface area contributed by atoms with Gasteiger partial charge in [0, 0.05) is 66.8 Å². The second-order valence-electron chi connectivity index (χ2n) is 22.9. The van der Waals surface area contributed by atoms with Gasteiger partial charge in [0.1, 0.15) is 27.9 Å². The van der Waals surface area contributed by atoms with E-state index in [2.05, 4.69) is 157 Å². The molecule has 0 saturated heterocycles. The molecule has 15 aromatic rings. The van der Waals surface area contributed by atoms with Gasteiger partial charge in [0.05, 0.1) is 26.9 Å². The van der Waals surface area contributed by atoms with E-state index in [4.69, 9.17) is 22.1 Å². The van der Waals surface area contributed by atoms with Crippen LogP contribution in [0, 0.1) is 0 Å². The van der Waals surface area contributed by atoms with Crippen LogP contribution in [0.1, 0.15) is 87.4 Å². The lowest BCUT2D eigenvalue weighted by Crippen LogP contribution is -2.14. The van der Waals surface area contributed by atoms with E-state index in [1.165, 1.54) is 151 Å². The summed E-state index contributed by atoms with van der Waals surface area (Å²) in [6, 6.07) is 31.1. The Morgan fingerprint density at radius 1 is 0.317 bits per heavy atom. The average Bonchev–Trinajstić information content (AvgIpc) is 1.33. The lowest BCUT2D eigenvalue weighted by atomic mass is 10.2. The molecule has 5 aromatic carbocycles. The van der Waals surface area contributed by atoms with Crippen molar-refractivity contribution in [2.24, 2.45) is 0 Å². The minimum Gasteiger partial charge on any atom is -0.451 e. The number of carbonyl (C=O) groups excluding carboxylic acids is 6. The number of benzene rings is 5. The first kappa shape index (κ1) is 93.2. The zero-order valence-corrected chi connectivity index (χ0v) is 78.7. The van der Waals surface area contributed by atoms with Gasteiger partial charge in [-0.15, -0.1) is 51.0 Å². The molecule has 0 spiro atoms. The van der Waals surface area contributed by atoms with Gasteiger partial charge >= 0.3 is 0 Å². The quantitative estimate of drug-likeness (QED) is 0.0253. The second-order valence-corrected chi connectivity index (χ2v) is 40.0. The lowest BCUT2D eigenvalue weighted by Gasteiger charge is -2.03. The van der Waals surface area contributed by atoms with Gasteiger partial charge in [-0.2, -0.15) is 0 Å². The van der Waals surface area contributed by atoms with Crippen molar-refractivity contribution in [1.29, 1.82) is 0 Å². The summed E-state index contributed by atoms with van der Waals surface area (Å²) in [6.07, 6.45) is 0.750. The van der Waals surface area contributed by atoms with E-state index in [9.17, 15) is 52.7 Å². The Morgan fingerprint density at radius 3 is 0.633 bits per heavy atom. The van der Waals surface area contributed by atoms with Crippen LogP contribution >= 0.6 is 195 Å². The fourth-order valence-corrected chi connectivity index (χ4v) is 19.1. The molecule has 0 atom stereocenters. The third-order valence-corrected chi connectivity index (χ3v) is 26.0. The number of nitrogens with one attached hydrogen (secondary N) is 5. The van der Waals surface area contributed by atoms with E-state index < -0.39 is 29.5 Å². The van der Waals surface area contributed by atoms with Crippen LogP contribution in [0.25, 0.3) is 54.8 Å². The smallest absolute Gasteiger partial charge is 0.293 e. The molecule has 6 amide bonds. The van der Waals surface area contributed by atoms with Crippen LogP contribution in [-0.4, -0.2) is 135 Å². The number of amides is 6. The largest absolute Gasteiger partial charge is 0.451 e. The number of carbonyl (C=O) groups is 6. The standard InChI is InChI=1S/5C14H10BrN3O3S2.C3H7NO/c5*1-2-22-14-18-17-13(23-14)16-12(20)11-6-9(19)8-4-3-7(15)5-10(8)21-11;1-4(2)3-5/h5*3-6H,2H2,1H3,(H,16,17,20);3H,1-2H3. The molecule has 0 unspecified atom stereocenters. The van der Waals surface area contributed by atoms with E-state index >= 15 is 0 Å². The highest BCUT2D eigenvalue weighted by Crippen LogP contribution is 2.32. The number of aromatic nitrogens is 10. The third kappa shape index (κ3) is 26.7. The maximum Gasteiger partial charge on any atom is 0.293 e. The SMILES string of the molecule is CCSc1nnc(NC(=O)c2cc(=O)c3ccc(Br)cc3o2)s1.CCSc1nnc(NC(=O)c2cc(=O)c3ccc(Br)cc3o2)s1.CCSc1nnc(NC(=O)c2cc(=O)c3ccc(Br)cc3o2)s1.CCSc1nnc(NC(=O)c2cc(=O)c3ccc(Br)cc3o2)s1.CCSc1nnc(NC(=O)c2cc(=O)c3ccc(Br)cc3o2)s1.CN(C)C=O. The van der Waals surface area contributed by atoms with Crippen LogP contribution in [0.15, 0.2) is 211 Å². The number of anilines is 5. The van der Waals surface area contributed by atoms with Gasteiger partial charge in [-0.1, -0.05) is 230 Å². The van der Waals surface area contributed by atoms with Crippen LogP contribution < -0.4 is 53.7 Å². The summed E-state index contributed by atoms with van der Waals surface area (Å²) in [6.45, 7) is 10.0. The van der Waals surface area contributed by atoms with Gasteiger partial charge in [0.15, 0.2) is 77.6 Å². The highest BCUT2D eigenvalue weighted by atomic mass is 79.9. The number of halogens is 5. The van der Waals surface area contributed by atoms with Gasteiger partial charge in [0.25, 0.3) is 29.5 Å². The van der Waals surface area contributed by atoms with Crippen molar-refractivity contribution in [3.63, 3.8) is 0 Å². The fraction of sp³-hybridized carbons (Fsp3) is 0.164. The van der Waals surface area contributed by atoms with Crippen LogP contribution in [0.4, 0.5) is 25.7 Å². The van der Waals surface area contributed by atoms with Gasteiger partial charge in [0.2, 0.25) is 32.1 Å². The van der Waals surface area contributed by atoms with Gasteiger partial charge < -0.3 is 27.0 Å². The molecule has 10 aromatic heterocycles. The van der Waals surface area contributed by atoms with Gasteiger partial charge in [-0.3, -0.25) is 79.3 Å². The zero-order valence-electron chi connectivity index (χ0n) is 62.6. The van der Waals surface area contributed by atoms with Crippen molar-refractivity contribution in [2.45, 2.75) is 56.3 Å². The van der Waals surface area contributed by atoms with Crippen molar-refractivity contribution < 1.29 is 50.9 Å². The number of hydrogen-bond donors (Lipinski definition) is 5. The minimum absolute atomic E-state index is 0.0690. The molecule has 0 fully saturated rings. The molecule has 5 N–H and O–H groups in total. The van der Waals surface area contributed by atoms with E-state index in [0.717, 1.165) is 79.2 Å². The molecule has 0 saturated carbocycles. The first-order valence-corrected chi connectivity index (χ1v) is 47.2. The third-order valence-electron chi connectivity index (χ3n) is 14.3. The van der Waals surface area contributed by atoms with Crippen molar-refractivity contribution in [1.82, 2.24) is 55.9 Å². The minimum atomic E-state index is -0.534. The first-order valence-electron chi connectivity index (χ1n) is 34.3. The zero-order chi connectivity index (χ0) is 86.3. The molecular weight excluding hydrogens is 2080 g/mol. The summed E-state index contributed by atoms with van der Waals surface area (Å²) in [5, 5.41) is 56.1. The molecule has 0 radical (unpaired) electrons. The highest BCUT2D eigenvalue weighted by molar-refractivity contribution is 9.11. The predicted molar refractivity (Wildman–Crippen MR) is 492 cm³/mol. The maximum absolute atomic E-state index is 12.2. The summed E-state index contributed by atoms with van der Waals surface area (Å²) in [5.41, 5.74) is 0.347. The molecule has 10 heterocycles. The number of thioether (sulfide) groups is 5. The van der Waals surface area contributed by atoms with Crippen molar-refractivity contribution >= 4 is 312 Å². The molecule has 0 aliphatic rings. The Kier molecular flexibility index (Phi) is 35.1. The molecule has 0 aliphatic heterocycles. The van der Waals surface area contributed by atoms with Crippen molar-refractivity contribution in [3.05, 3.63) is 224 Å². The molecule has 47 heteroatoms. The normalized spacial score (nSPS) is 10.7. The van der Waals surface area contributed by atoms with E-state index in [1.54, 1.807) is 105 Å². The van der Waals surface area contributed by atoms with E-state index in [0.29, 0.717) is 80.5 Å². The van der Waals surface area contributed by atoms with Crippen LogP contribution in [0.5, 0.6) is 0 Å². The number of nitrogens with zero attached hydrogens (tertiary/aromatic N) is 11. The Hall–Kier alpha value is -9.08. The van der Waals surface area contributed by atoms with Gasteiger partial charge in [-0.05, 0) is 120 Å². The molecule has 120 heavy (non-hydrogen) atoms. The van der Waals surface area contributed by atoms with Crippen molar-refractivity contribution in [3.8, 4) is 0 Å². The predicted octanol–water partition coefficient (Wildman–Crippen LogP) is 18.6. The van der Waals surface area contributed by atoms with E-state index in [-0.39, 0.29) is 55.9 Å². The molecule has 0 aliphatic carbocycles. The van der Waals surface area contributed by atoms with Gasteiger partial charge in [-0.25, -0.2) is 0 Å². The summed E-state index contributed by atoms with van der Waals surface area (Å²) in [4.78, 5) is 132. The van der Waals surface area contributed by atoms with Crippen molar-refractivity contribution in [2.75, 3.05) is 69.4 Å². The second kappa shape index (κ2) is 45.2. The molecule has 32 nitrogen and oxygen atoms in total. The van der Waals surface area contributed by atoms with Crippen LogP contribution in [0.2, 0.25) is 0 Å². The summed E-state index contributed by atoms with van der Waals surface area (Å²) in [5.74, 6) is 1.34. The van der Waals surface area contributed by atoms with Crippen LogP contribution in [0.3, 0.4) is 0 Å². The summed E-state index contributed by atoms with van der Waals surface area (Å²) >= 11 is 30.6. The Bertz CT molecular complexity index is 5710. The Balaban J connectivity index is 0.000000155. The first-order chi connectivity index (χ1) is 57.6. The highest BCUT2D eigenvalue weighted by Gasteiger charge is 2.22. The number of hydrogen-bond acceptors (Lipinski definition) is 36. The summed E-state index contributed by atoms with van der Waals surface area (Å²) in [7, 11) is 3.38. The van der Waals surface area contributed by atoms with E-state index in [1.807, 2.05) is 34.6 Å². The fourth-order valence-electron chi connectivity index (χ4n) is 9.21. The number of fused-ring (bicyclic) bond motifs is 5.